The Bertz CT molecular complexity index is 715. The van der Waals surface area contributed by atoms with Crippen LogP contribution in [-0.4, -0.2) is 71.8 Å². The predicted molar refractivity (Wildman–Crippen MR) is 115 cm³/mol. The first-order chi connectivity index (χ1) is 14.1. The van der Waals surface area contributed by atoms with Crippen LogP contribution in [0.1, 0.15) is 60.9 Å². The number of benzene rings is 1. The van der Waals surface area contributed by atoms with E-state index in [9.17, 15) is 9.59 Å². The molecule has 29 heavy (non-hydrogen) atoms. The molecule has 4 rings (SSSR count). The molecule has 2 amide bonds. The van der Waals surface area contributed by atoms with Crippen LogP contribution in [0.5, 0.6) is 0 Å². The van der Waals surface area contributed by atoms with E-state index in [0.29, 0.717) is 24.9 Å². The van der Waals surface area contributed by atoms with E-state index >= 15 is 0 Å². The molecular formula is C24H35N3O2. The van der Waals surface area contributed by atoms with Gasteiger partial charge in [-0.25, -0.2) is 0 Å². The molecule has 1 aliphatic carbocycles. The maximum Gasteiger partial charge on any atom is 0.253 e. The Hall–Kier alpha value is -1.88. The Labute approximate surface area is 175 Å². The van der Waals surface area contributed by atoms with Gasteiger partial charge in [0.15, 0.2) is 0 Å². The first kappa shape index (κ1) is 20.4. The summed E-state index contributed by atoms with van der Waals surface area (Å²) in [5.41, 5.74) is 1.89. The van der Waals surface area contributed by atoms with Crippen molar-refractivity contribution in [2.45, 2.75) is 57.9 Å². The number of likely N-dealkylation sites (tertiary alicyclic amines) is 1. The van der Waals surface area contributed by atoms with E-state index in [2.05, 4.69) is 9.80 Å². The fourth-order valence-corrected chi connectivity index (χ4v) is 5.39. The minimum absolute atomic E-state index is 0.0202. The molecule has 3 fully saturated rings. The van der Waals surface area contributed by atoms with Crippen LogP contribution in [0.25, 0.3) is 0 Å². The molecule has 5 nitrogen and oxygen atoms in total. The lowest BCUT2D eigenvalue weighted by molar-refractivity contribution is -0.140. The average Bonchev–Trinajstić information content (AvgIpc) is 3.29. The highest BCUT2D eigenvalue weighted by molar-refractivity contribution is 5.94. The molecule has 0 aromatic heterocycles. The van der Waals surface area contributed by atoms with Crippen molar-refractivity contribution in [3.63, 3.8) is 0 Å². The molecule has 2 saturated heterocycles. The summed E-state index contributed by atoms with van der Waals surface area (Å²) >= 11 is 0. The van der Waals surface area contributed by atoms with Crippen LogP contribution in [0.4, 0.5) is 0 Å². The number of aryl methyl sites for hydroxylation is 1. The largest absolute Gasteiger partial charge is 0.341 e. The van der Waals surface area contributed by atoms with Crippen molar-refractivity contribution in [1.82, 2.24) is 14.7 Å². The second-order valence-electron chi connectivity index (χ2n) is 9.07. The molecule has 2 aliphatic heterocycles. The standard InChI is InChI=1S/C24H35N3O2/c1-19-8-7-11-21(18-19)23(28)27-16-14-25(15-17-27)22(20-9-3-4-10-20)24(29)26-12-5-2-6-13-26/h7-8,11,18,20,22H,2-6,9-10,12-17H2,1H3. The average molecular weight is 398 g/mol. The zero-order valence-corrected chi connectivity index (χ0v) is 17.8. The number of hydrogen-bond donors (Lipinski definition) is 0. The maximum atomic E-state index is 13.5. The van der Waals surface area contributed by atoms with Gasteiger partial charge >= 0.3 is 0 Å². The van der Waals surface area contributed by atoms with Crippen LogP contribution in [0.2, 0.25) is 0 Å². The maximum absolute atomic E-state index is 13.5. The summed E-state index contributed by atoms with van der Waals surface area (Å²) in [5, 5.41) is 0. The Morgan fingerprint density at radius 3 is 2.21 bits per heavy atom. The lowest BCUT2D eigenvalue weighted by Crippen LogP contribution is -2.59. The van der Waals surface area contributed by atoms with E-state index in [4.69, 9.17) is 0 Å². The van der Waals surface area contributed by atoms with Gasteiger partial charge in [0.2, 0.25) is 5.91 Å². The third-order valence-electron chi connectivity index (χ3n) is 7.03. The third-order valence-corrected chi connectivity index (χ3v) is 7.03. The molecule has 0 radical (unpaired) electrons. The zero-order valence-electron chi connectivity index (χ0n) is 17.8. The van der Waals surface area contributed by atoms with Gasteiger partial charge in [0.05, 0.1) is 6.04 Å². The van der Waals surface area contributed by atoms with E-state index in [1.54, 1.807) is 0 Å². The number of rotatable bonds is 4. The topological polar surface area (TPSA) is 43.9 Å². The van der Waals surface area contributed by atoms with Crippen LogP contribution < -0.4 is 0 Å². The fourth-order valence-electron chi connectivity index (χ4n) is 5.39. The third kappa shape index (κ3) is 4.66. The summed E-state index contributed by atoms with van der Waals surface area (Å²) in [6.07, 6.45) is 8.38. The van der Waals surface area contributed by atoms with Gasteiger partial charge in [0.25, 0.3) is 5.91 Å². The van der Waals surface area contributed by atoms with Gasteiger partial charge in [-0.2, -0.15) is 0 Å². The fraction of sp³-hybridized carbons (Fsp3) is 0.667. The van der Waals surface area contributed by atoms with Crippen molar-refractivity contribution in [1.29, 1.82) is 0 Å². The van der Waals surface area contributed by atoms with Gasteiger partial charge in [-0.05, 0) is 57.1 Å². The van der Waals surface area contributed by atoms with E-state index in [1.807, 2.05) is 36.1 Å². The minimum atomic E-state index is 0.0202. The van der Waals surface area contributed by atoms with Crippen LogP contribution in [0.3, 0.4) is 0 Å². The van der Waals surface area contributed by atoms with Gasteiger partial charge < -0.3 is 9.80 Å². The number of carbonyl (C=O) groups excluding carboxylic acids is 2. The molecule has 3 aliphatic rings. The Kier molecular flexibility index (Phi) is 6.53. The van der Waals surface area contributed by atoms with Gasteiger partial charge in [0.1, 0.15) is 0 Å². The molecule has 1 atom stereocenters. The molecule has 5 heteroatoms. The number of nitrogens with zero attached hydrogens (tertiary/aromatic N) is 3. The first-order valence-electron chi connectivity index (χ1n) is 11.5. The van der Waals surface area contributed by atoms with Crippen molar-refractivity contribution in [2.24, 2.45) is 5.92 Å². The Morgan fingerprint density at radius 2 is 1.55 bits per heavy atom. The van der Waals surface area contributed by atoms with E-state index < -0.39 is 0 Å². The molecule has 1 aromatic carbocycles. The van der Waals surface area contributed by atoms with Gasteiger partial charge in [-0.1, -0.05) is 30.5 Å². The molecule has 158 valence electrons. The van der Waals surface area contributed by atoms with Crippen molar-refractivity contribution >= 4 is 11.8 Å². The van der Waals surface area contributed by atoms with Crippen LogP contribution >= 0.6 is 0 Å². The van der Waals surface area contributed by atoms with E-state index in [1.165, 1.54) is 32.1 Å². The number of hydrogen-bond acceptors (Lipinski definition) is 3. The second kappa shape index (κ2) is 9.29. The molecule has 0 N–H and O–H groups in total. The Morgan fingerprint density at radius 1 is 0.862 bits per heavy atom. The lowest BCUT2D eigenvalue weighted by atomic mass is 9.93. The number of piperidine rings is 1. The summed E-state index contributed by atoms with van der Waals surface area (Å²) in [7, 11) is 0. The minimum Gasteiger partial charge on any atom is -0.341 e. The van der Waals surface area contributed by atoms with E-state index in [0.717, 1.165) is 50.1 Å². The van der Waals surface area contributed by atoms with Gasteiger partial charge in [0, 0.05) is 44.8 Å². The molecule has 1 aromatic rings. The number of carbonyl (C=O) groups is 2. The highest BCUT2D eigenvalue weighted by atomic mass is 16.2. The van der Waals surface area contributed by atoms with Gasteiger partial charge in [-0.3, -0.25) is 14.5 Å². The summed E-state index contributed by atoms with van der Waals surface area (Å²) in [4.78, 5) is 32.8. The SMILES string of the molecule is Cc1cccc(C(=O)N2CCN(C(C(=O)N3CCCCC3)C3CCCC3)CC2)c1. The quantitative estimate of drug-likeness (QED) is 0.783. The molecule has 0 spiro atoms. The normalized spacial score (nSPS) is 22.7. The molecular weight excluding hydrogens is 362 g/mol. The van der Waals surface area contributed by atoms with Gasteiger partial charge in [-0.15, -0.1) is 0 Å². The second-order valence-corrected chi connectivity index (χ2v) is 9.07. The van der Waals surface area contributed by atoms with Crippen LogP contribution in [0, 0.1) is 12.8 Å². The number of piperazine rings is 1. The zero-order chi connectivity index (χ0) is 20.2. The van der Waals surface area contributed by atoms with Crippen molar-refractivity contribution in [3.05, 3.63) is 35.4 Å². The Balaban J connectivity index is 1.42. The first-order valence-corrected chi connectivity index (χ1v) is 11.5. The van der Waals surface area contributed by atoms with Crippen molar-refractivity contribution in [3.8, 4) is 0 Å². The highest BCUT2D eigenvalue weighted by Crippen LogP contribution is 2.32. The number of amides is 2. The molecule has 0 bridgehead atoms. The summed E-state index contributed by atoms with van der Waals surface area (Å²) in [5.74, 6) is 0.964. The van der Waals surface area contributed by atoms with Crippen molar-refractivity contribution < 1.29 is 9.59 Å². The van der Waals surface area contributed by atoms with Crippen LogP contribution in [-0.2, 0) is 4.79 Å². The predicted octanol–water partition coefficient (Wildman–Crippen LogP) is 3.32. The summed E-state index contributed by atoms with van der Waals surface area (Å²) < 4.78 is 0. The van der Waals surface area contributed by atoms with Crippen LogP contribution in [0.15, 0.2) is 24.3 Å². The van der Waals surface area contributed by atoms with Crippen molar-refractivity contribution in [2.75, 3.05) is 39.3 Å². The molecule has 2 heterocycles. The van der Waals surface area contributed by atoms with E-state index in [-0.39, 0.29) is 11.9 Å². The highest BCUT2D eigenvalue weighted by Gasteiger charge is 2.39. The molecule has 1 saturated carbocycles. The molecule has 1 unspecified atom stereocenters. The summed E-state index contributed by atoms with van der Waals surface area (Å²) in [6.45, 7) is 6.90. The lowest BCUT2D eigenvalue weighted by Gasteiger charge is -2.43. The summed E-state index contributed by atoms with van der Waals surface area (Å²) in [6, 6.07) is 7.87. The monoisotopic (exact) mass is 397 g/mol. The smallest absolute Gasteiger partial charge is 0.253 e.